The van der Waals surface area contributed by atoms with Crippen LogP contribution in [0.1, 0.15) is 11.1 Å². The number of rotatable bonds is 6. The van der Waals surface area contributed by atoms with Crippen LogP contribution in [0.2, 0.25) is 0 Å². The molecule has 0 aromatic heterocycles. The van der Waals surface area contributed by atoms with Crippen LogP contribution in [-0.2, 0) is 17.9 Å². The van der Waals surface area contributed by atoms with Crippen LogP contribution in [0, 0.1) is 11.6 Å². The SMILES string of the molecule is COc1cc(CN2CCN(Cc3ccc(F)c(F)c3)C(=O)C2)cc(OC)c1. The van der Waals surface area contributed by atoms with Gasteiger partial charge in [0.1, 0.15) is 11.5 Å². The molecular weight excluding hydrogens is 354 g/mol. The Morgan fingerprint density at radius 1 is 0.889 bits per heavy atom. The molecule has 27 heavy (non-hydrogen) atoms. The molecule has 3 rings (SSSR count). The average molecular weight is 376 g/mol. The minimum absolute atomic E-state index is 0.0409. The van der Waals surface area contributed by atoms with Gasteiger partial charge in [0.2, 0.25) is 5.91 Å². The quantitative estimate of drug-likeness (QED) is 0.778. The lowest BCUT2D eigenvalue weighted by Gasteiger charge is -2.34. The topological polar surface area (TPSA) is 42.0 Å². The van der Waals surface area contributed by atoms with E-state index in [1.807, 2.05) is 17.0 Å². The number of benzene rings is 2. The van der Waals surface area contributed by atoms with Gasteiger partial charge in [0, 0.05) is 32.2 Å². The van der Waals surface area contributed by atoms with Crippen LogP contribution >= 0.6 is 0 Å². The van der Waals surface area contributed by atoms with Gasteiger partial charge in [-0.1, -0.05) is 6.07 Å². The summed E-state index contributed by atoms with van der Waals surface area (Å²) < 4.78 is 36.9. The van der Waals surface area contributed by atoms with Gasteiger partial charge in [0.15, 0.2) is 11.6 Å². The number of nitrogens with zero attached hydrogens (tertiary/aromatic N) is 2. The summed E-state index contributed by atoms with van der Waals surface area (Å²) in [6.07, 6.45) is 0. The summed E-state index contributed by atoms with van der Waals surface area (Å²) in [5.74, 6) is -0.421. The van der Waals surface area contributed by atoms with Crippen molar-refractivity contribution in [2.75, 3.05) is 33.9 Å². The Morgan fingerprint density at radius 3 is 2.19 bits per heavy atom. The zero-order valence-corrected chi connectivity index (χ0v) is 15.4. The molecule has 1 heterocycles. The second-order valence-electron chi connectivity index (χ2n) is 6.50. The van der Waals surface area contributed by atoms with Gasteiger partial charge in [-0.2, -0.15) is 0 Å². The zero-order chi connectivity index (χ0) is 19.4. The first-order valence-corrected chi connectivity index (χ1v) is 8.64. The number of hydrogen-bond donors (Lipinski definition) is 0. The molecule has 0 unspecified atom stereocenters. The second kappa shape index (κ2) is 8.35. The van der Waals surface area contributed by atoms with Crippen molar-refractivity contribution in [3.05, 3.63) is 59.2 Å². The fourth-order valence-corrected chi connectivity index (χ4v) is 3.13. The largest absolute Gasteiger partial charge is 0.497 e. The van der Waals surface area contributed by atoms with Crippen molar-refractivity contribution in [3.8, 4) is 11.5 Å². The molecule has 2 aromatic rings. The monoisotopic (exact) mass is 376 g/mol. The van der Waals surface area contributed by atoms with Crippen molar-refractivity contribution in [1.29, 1.82) is 0 Å². The summed E-state index contributed by atoms with van der Waals surface area (Å²) in [5, 5.41) is 0. The summed E-state index contributed by atoms with van der Waals surface area (Å²) >= 11 is 0. The van der Waals surface area contributed by atoms with Crippen LogP contribution in [-0.4, -0.2) is 49.6 Å². The number of amides is 1. The Hall–Kier alpha value is -2.67. The molecule has 5 nitrogen and oxygen atoms in total. The Bertz CT molecular complexity index is 807. The van der Waals surface area contributed by atoms with Gasteiger partial charge in [-0.25, -0.2) is 8.78 Å². The van der Waals surface area contributed by atoms with Crippen LogP contribution in [0.5, 0.6) is 11.5 Å². The third-order valence-corrected chi connectivity index (χ3v) is 4.57. The number of carbonyl (C=O) groups is 1. The maximum Gasteiger partial charge on any atom is 0.237 e. The first kappa shape index (κ1) is 19.1. The van der Waals surface area contributed by atoms with Crippen LogP contribution in [0.25, 0.3) is 0 Å². The molecule has 0 saturated carbocycles. The predicted molar refractivity (Wildman–Crippen MR) is 96.6 cm³/mol. The van der Waals surface area contributed by atoms with E-state index < -0.39 is 11.6 Å². The number of ether oxygens (including phenoxy) is 2. The summed E-state index contributed by atoms with van der Waals surface area (Å²) in [4.78, 5) is 16.2. The minimum Gasteiger partial charge on any atom is -0.497 e. The fraction of sp³-hybridized carbons (Fsp3) is 0.350. The molecule has 0 aliphatic carbocycles. The lowest BCUT2D eigenvalue weighted by Crippen LogP contribution is -2.49. The number of piperazine rings is 1. The molecule has 144 valence electrons. The van der Waals surface area contributed by atoms with Crippen LogP contribution in [0.4, 0.5) is 8.78 Å². The molecule has 1 fully saturated rings. The molecule has 7 heteroatoms. The van der Waals surface area contributed by atoms with Crippen molar-refractivity contribution < 1.29 is 23.0 Å². The number of hydrogen-bond acceptors (Lipinski definition) is 4. The highest BCUT2D eigenvalue weighted by atomic mass is 19.2. The van der Waals surface area contributed by atoms with E-state index in [9.17, 15) is 13.6 Å². The third kappa shape index (κ3) is 4.74. The van der Waals surface area contributed by atoms with E-state index in [0.29, 0.717) is 36.7 Å². The fourth-order valence-electron chi connectivity index (χ4n) is 3.13. The summed E-state index contributed by atoms with van der Waals surface area (Å²) in [5.41, 5.74) is 1.57. The molecule has 0 N–H and O–H groups in total. The summed E-state index contributed by atoms with van der Waals surface area (Å²) in [6.45, 7) is 2.35. The summed E-state index contributed by atoms with van der Waals surface area (Å²) in [6, 6.07) is 9.36. The van der Waals surface area contributed by atoms with Crippen LogP contribution in [0.3, 0.4) is 0 Å². The normalized spacial score (nSPS) is 15.1. The van der Waals surface area contributed by atoms with Crippen LogP contribution in [0.15, 0.2) is 36.4 Å². The molecular formula is C20H22F2N2O3. The molecule has 0 bridgehead atoms. The number of methoxy groups -OCH3 is 2. The van der Waals surface area contributed by atoms with Gasteiger partial charge in [0.25, 0.3) is 0 Å². The van der Waals surface area contributed by atoms with E-state index in [-0.39, 0.29) is 19.0 Å². The Morgan fingerprint density at radius 2 is 1.59 bits per heavy atom. The van der Waals surface area contributed by atoms with E-state index >= 15 is 0 Å². The van der Waals surface area contributed by atoms with E-state index in [1.165, 1.54) is 6.07 Å². The molecule has 1 amide bonds. The second-order valence-corrected chi connectivity index (χ2v) is 6.50. The molecule has 1 aliphatic rings. The van der Waals surface area contributed by atoms with Gasteiger partial charge in [-0.05, 0) is 35.4 Å². The number of halogens is 2. The van der Waals surface area contributed by atoms with Crippen molar-refractivity contribution in [2.45, 2.75) is 13.1 Å². The van der Waals surface area contributed by atoms with E-state index in [0.717, 1.165) is 17.7 Å². The highest BCUT2D eigenvalue weighted by Gasteiger charge is 2.24. The van der Waals surface area contributed by atoms with E-state index in [4.69, 9.17) is 9.47 Å². The Balaban J connectivity index is 1.61. The van der Waals surface area contributed by atoms with Crippen LogP contribution < -0.4 is 9.47 Å². The Labute approximate surface area is 157 Å². The van der Waals surface area contributed by atoms with Crippen molar-refractivity contribution >= 4 is 5.91 Å². The van der Waals surface area contributed by atoms with Crippen molar-refractivity contribution in [1.82, 2.24) is 9.80 Å². The Kier molecular flexibility index (Phi) is 5.91. The lowest BCUT2D eigenvalue weighted by atomic mass is 10.1. The first-order valence-electron chi connectivity index (χ1n) is 8.64. The maximum atomic E-state index is 13.4. The van der Waals surface area contributed by atoms with Gasteiger partial charge < -0.3 is 14.4 Å². The standard InChI is InChI=1S/C20H22F2N2O3/c1-26-16-7-15(8-17(10-16)27-2)11-23-5-6-24(20(25)13-23)12-14-3-4-18(21)19(22)9-14/h3-4,7-10H,5-6,11-13H2,1-2H3. The third-order valence-electron chi connectivity index (χ3n) is 4.57. The predicted octanol–water partition coefficient (Wildman–Crippen LogP) is 2.83. The van der Waals surface area contributed by atoms with Gasteiger partial charge in [-0.3, -0.25) is 9.69 Å². The van der Waals surface area contributed by atoms with Gasteiger partial charge >= 0.3 is 0 Å². The molecule has 1 aliphatic heterocycles. The van der Waals surface area contributed by atoms with Crippen molar-refractivity contribution in [2.24, 2.45) is 0 Å². The van der Waals surface area contributed by atoms with Gasteiger partial charge in [-0.15, -0.1) is 0 Å². The molecule has 0 spiro atoms. The summed E-state index contributed by atoms with van der Waals surface area (Å²) in [7, 11) is 3.19. The minimum atomic E-state index is -0.898. The van der Waals surface area contributed by atoms with Gasteiger partial charge in [0.05, 0.1) is 20.8 Å². The highest BCUT2D eigenvalue weighted by Crippen LogP contribution is 2.24. The lowest BCUT2D eigenvalue weighted by molar-refractivity contribution is -0.136. The average Bonchev–Trinajstić information content (AvgIpc) is 2.66. The van der Waals surface area contributed by atoms with Crippen molar-refractivity contribution in [3.63, 3.8) is 0 Å². The smallest absolute Gasteiger partial charge is 0.237 e. The van der Waals surface area contributed by atoms with E-state index in [2.05, 4.69) is 0 Å². The molecule has 0 radical (unpaired) electrons. The molecule has 2 aromatic carbocycles. The first-order chi connectivity index (χ1) is 13.0. The molecule has 0 atom stereocenters. The molecule has 1 saturated heterocycles. The maximum absolute atomic E-state index is 13.4. The zero-order valence-electron chi connectivity index (χ0n) is 15.4. The number of carbonyl (C=O) groups excluding carboxylic acids is 1. The van der Waals surface area contributed by atoms with E-state index in [1.54, 1.807) is 25.2 Å². The highest BCUT2D eigenvalue weighted by molar-refractivity contribution is 5.79.